The van der Waals surface area contributed by atoms with Crippen molar-refractivity contribution in [3.05, 3.63) is 29.6 Å². The Morgan fingerprint density at radius 2 is 2.06 bits per heavy atom. The first-order chi connectivity index (χ1) is 7.98. The van der Waals surface area contributed by atoms with Gasteiger partial charge in [0, 0.05) is 6.54 Å². The smallest absolute Gasteiger partial charge is 0.147 e. The van der Waals surface area contributed by atoms with Crippen LogP contribution in [0.25, 0.3) is 0 Å². The quantitative estimate of drug-likeness (QED) is 0.866. The molecule has 0 heterocycles. The Morgan fingerprint density at radius 3 is 2.59 bits per heavy atom. The molecule has 0 fully saturated rings. The number of hydrogen-bond acceptors (Lipinski definition) is 3. The van der Waals surface area contributed by atoms with Crippen LogP contribution < -0.4 is 5.32 Å². The molecule has 0 radical (unpaired) electrons. The Morgan fingerprint density at radius 1 is 1.35 bits per heavy atom. The van der Waals surface area contributed by atoms with Crippen molar-refractivity contribution in [1.29, 1.82) is 10.5 Å². The highest BCUT2D eigenvalue weighted by Crippen LogP contribution is 2.20. The van der Waals surface area contributed by atoms with E-state index in [4.69, 9.17) is 10.5 Å². The summed E-state index contributed by atoms with van der Waals surface area (Å²) in [4.78, 5) is 0. The lowest BCUT2D eigenvalue weighted by Gasteiger charge is -2.15. The molecule has 0 aliphatic rings. The van der Waals surface area contributed by atoms with Crippen molar-refractivity contribution in [2.75, 3.05) is 11.9 Å². The summed E-state index contributed by atoms with van der Waals surface area (Å²) in [7, 11) is 0. The van der Waals surface area contributed by atoms with Crippen LogP contribution in [0, 0.1) is 33.9 Å². The number of anilines is 1. The molecule has 88 valence electrons. The zero-order chi connectivity index (χ0) is 12.9. The molecule has 0 spiro atoms. The molecule has 1 aromatic rings. The Labute approximate surface area is 100 Å². The zero-order valence-corrected chi connectivity index (χ0v) is 9.92. The maximum atomic E-state index is 13.5. The Hall–Kier alpha value is -2.07. The fraction of sp³-hybridized carbons (Fsp3) is 0.385. The van der Waals surface area contributed by atoms with E-state index in [1.54, 1.807) is 6.07 Å². The highest BCUT2D eigenvalue weighted by Gasteiger charge is 2.15. The predicted octanol–water partition coefficient (Wildman–Crippen LogP) is 3.05. The van der Waals surface area contributed by atoms with Gasteiger partial charge in [-0.05, 0) is 38.5 Å². The first-order valence-electron chi connectivity index (χ1n) is 5.33. The van der Waals surface area contributed by atoms with E-state index in [0.717, 1.165) is 0 Å². The summed E-state index contributed by atoms with van der Waals surface area (Å²) in [6, 6.07) is 8.34. The Bertz CT molecular complexity index is 480. The van der Waals surface area contributed by atoms with Crippen LogP contribution in [0.15, 0.2) is 18.2 Å². The second-order valence-corrected chi connectivity index (χ2v) is 4.48. The average Bonchev–Trinajstić information content (AvgIpc) is 2.31. The van der Waals surface area contributed by atoms with Gasteiger partial charge in [0.1, 0.15) is 5.82 Å². The number of rotatable bonds is 4. The summed E-state index contributed by atoms with van der Waals surface area (Å²) in [6.07, 6.45) is 0.628. The molecule has 1 aromatic carbocycles. The third-order valence-electron chi connectivity index (χ3n) is 2.47. The molecular weight excluding hydrogens is 217 g/mol. The Kier molecular flexibility index (Phi) is 4.06. The van der Waals surface area contributed by atoms with E-state index in [-0.39, 0.29) is 0 Å². The van der Waals surface area contributed by atoms with Gasteiger partial charge in [0.05, 0.1) is 28.8 Å². The highest BCUT2D eigenvalue weighted by atomic mass is 19.1. The van der Waals surface area contributed by atoms with E-state index >= 15 is 0 Å². The number of halogens is 1. The number of nitriles is 2. The van der Waals surface area contributed by atoms with Crippen molar-refractivity contribution in [3.63, 3.8) is 0 Å². The van der Waals surface area contributed by atoms with Gasteiger partial charge in [0.2, 0.25) is 0 Å². The standard InChI is InChI=1S/C13H14FN3/c1-13(2,9-16)5-6-17-12-4-3-10(8-15)7-11(12)14/h3-4,7,17H,5-6H2,1-2H3. The van der Waals surface area contributed by atoms with E-state index in [1.807, 2.05) is 19.9 Å². The van der Waals surface area contributed by atoms with Crippen LogP contribution in [0.3, 0.4) is 0 Å². The summed E-state index contributed by atoms with van der Waals surface area (Å²) in [5.41, 5.74) is 0.235. The highest BCUT2D eigenvalue weighted by molar-refractivity contribution is 5.48. The fourth-order valence-corrected chi connectivity index (χ4v) is 1.29. The maximum Gasteiger partial charge on any atom is 0.147 e. The van der Waals surface area contributed by atoms with Crippen LogP contribution in [0.1, 0.15) is 25.8 Å². The normalized spacial score (nSPS) is 10.4. The van der Waals surface area contributed by atoms with Crippen molar-refractivity contribution in [3.8, 4) is 12.1 Å². The minimum atomic E-state index is -0.446. The largest absolute Gasteiger partial charge is 0.383 e. The van der Waals surface area contributed by atoms with Crippen molar-refractivity contribution in [2.45, 2.75) is 20.3 Å². The van der Waals surface area contributed by atoms with E-state index in [1.165, 1.54) is 12.1 Å². The number of benzene rings is 1. The van der Waals surface area contributed by atoms with Crippen molar-refractivity contribution in [2.24, 2.45) is 5.41 Å². The summed E-state index contributed by atoms with van der Waals surface area (Å²) >= 11 is 0. The van der Waals surface area contributed by atoms with Crippen LogP contribution in [-0.2, 0) is 0 Å². The summed E-state index contributed by atoms with van der Waals surface area (Å²) in [6.45, 7) is 4.19. The van der Waals surface area contributed by atoms with Crippen LogP contribution in [0.2, 0.25) is 0 Å². The lowest BCUT2D eigenvalue weighted by Crippen LogP contribution is -2.15. The van der Waals surface area contributed by atoms with E-state index in [0.29, 0.717) is 24.2 Å². The van der Waals surface area contributed by atoms with Crippen molar-refractivity contribution >= 4 is 5.69 Å². The third kappa shape index (κ3) is 3.77. The monoisotopic (exact) mass is 231 g/mol. The first-order valence-corrected chi connectivity index (χ1v) is 5.33. The van der Waals surface area contributed by atoms with E-state index < -0.39 is 11.2 Å². The van der Waals surface area contributed by atoms with Gasteiger partial charge >= 0.3 is 0 Å². The van der Waals surface area contributed by atoms with Crippen LogP contribution in [-0.4, -0.2) is 6.54 Å². The summed E-state index contributed by atoms with van der Waals surface area (Å²) in [5.74, 6) is -0.446. The SMILES string of the molecule is CC(C)(C#N)CCNc1ccc(C#N)cc1F. The summed E-state index contributed by atoms with van der Waals surface area (Å²) < 4.78 is 13.5. The maximum absolute atomic E-state index is 13.5. The molecule has 3 nitrogen and oxygen atoms in total. The minimum absolute atomic E-state index is 0.297. The predicted molar refractivity (Wildman–Crippen MR) is 63.6 cm³/mol. The van der Waals surface area contributed by atoms with Crippen molar-refractivity contribution in [1.82, 2.24) is 0 Å². The molecule has 0 amide bonds. The van der Waals surface area contributed by atoms with Gasteiger partial charge in [0.25, 0.3) is 0 Å². The second kappa shape index (κ2) is 5.32. The number of nitrogens with one attached hydrogen (secondary N) is 1. The number of nitrogens with zero attached hydrogens (tertiary/aromatic N) is 2. The van der Waals surface area contributed by atoms with Crippen LogP contribution in [0.4, 0.5) is 10.1 Å². The third-order valence-corrected chi connectivity index (χ3v) is 2.47. The average molecular weight is 231 g/mol. The lowest BCUT2D eigenvalue weighted by molar-refractivity contribution is 0.466. The van der Waals surface area contributed by atoms with Gasteiger partial charge in [-0.3, -0.25) is 0 Å². The molecule has 0 bridgehead atoms. The molecule has 4 heteroatoms. The van der Waals surface area contributed by atoms with E-state index in [2.05, 4.69) is 11.4 Å². The van der Waals surface area contributed by atoms with Gasteiger partial charge in [-0.2, -0.15) is 10.5 Å². The van der Waals surface area contributed by atoms with Gasteiger partial charge in [-0.25, -0.2) is 4.39 Å². The Balaban J connectivity index is 2.60. The molecule has 0 atom stereocenters. The van der Waals surface area contributed by atoms with Gasteiger partial charge in [-0.15, -0.1) is 0 Å². The van der Waals surface area contributed by atoms with Gasteiger partial charge in [-0.1, -0.05) is 0 Å². The molecule has 0 saturated carbocycles. The molecule has 0 saturated heterocycles. The molecule has 1 rings (SSSR count). The lowest BCUT2D eigenvalue weighted by atomic mass is 9.91. The van der Waals surface area contributed by atoms with Crippen LogP contribution in [0.5, 0.6) is 0 Å². The van der Waals surface area contributed by atoms with Gasteiger partial charge in [0.15, 0.2) is 0 Å². The topological polar surface area (TPSA) is 59.6 Å². The van der Waals surface area contributed by atoms with Crippen molar-refractivity contribution < 1.29 is 4.39 Å². The molecule has 0 aliphatic heterocycles. The van der Waals surface area contributed by atoms with E-state index in [9.17, 15) is 4.39 Å². The molecule has 0 aliphatic carbocycles. The molecule has 1 N–H and O–H groups in total. The first kappa shape index (κ1) is 13.0. The molecule has 0 unspecified atom stereocenters. The molecule has 0 aromatic heterocycles. The molecular formula is C13H14FN3. The summed E-state index contributed by atoms with van der Waals surface area (Å²) in [5, 5.41) is 20.3. The zero-order valence-electron chi connectivity index (χ0n) is 9.92. The minimum Gasteiger partial charge on any atom is -0.383 e. The number of hydrogen-bond donors (Lipinski definition) is 1. The second-order valence-electron chi connectivity index (χ2n) is 4.48. The van der Waals surface area contributed by atoms with Crippen LogP contribution >= 0.6 is 0 Å². The fourth-order valence-electron chi connectivity index (χ4n) is 1.29. The molecule has 17 heavy (non-hydrogen) atoms. The van der Waals surface area contributed by atoms with Gasteiger partial charge < -0.3 is 5.32 Å².